The van der Waals surface area contributed by atoms with Crippen LogP contribution in [-0.4, -0.2) is 16.7 Å². The highest BCUT2D eigenvalue weighted by Crippen LogP contribution is 2.32. The predicted octanol–water partition coefficient (Wildman–Crippen LogP) is 2.10. The lowest BCUT2D eigenvalue weighted by molar-refractivity contribution is -0.141. The summed E-state index contributed by atoms with van der Waals surface area (Å²) in [5, 5.41) is 5.55. The average molecular weight is 219 g/mol. The molecule has 0 aromatic carbocycles. The second-order valence-electron chi connectivity index (χ2n) is 3.09. The lowest BCUT2D eigenvalue weighted by atomic mass is 10.1. The molecule has 0 aliphatic rings. The molecule has 0 radical (unpaired) electrons. The molecule has 1 heterocycles. The van der Waals surface area contributed by atoms with Crippen molar-refractivity contribution in [2.24, 2.45) is 5.73 Å². The molecule has 0 spiro atoms. The van der Waals surface area contributed by atoms with Crippen LogP contribution in [0.15, 0.2) is 6.08 Å². The number of H-pyrrole nitrogens is 1. The Morgan fingerprint density at radius 1 is 1.47 bits per heavy atom. The van der Waals surface area contributed by atoms with Gasteiger partial charge in [-0.15, -0.1) is 0 Å². The number of aromatic nitrogens is 2. The maximum atomic E-state index is 12.4. The second kappa shape index (κ2) is 4.48. The Kier molecular flexibility index (Phi) is 3.52. The first-order valence-electron chi connectivity index (χ1n) is 4.45. The van der Waals surface area contributed by atoms with Gasteiger partial charge in [-0.2, -0.15) is 18.3 Å². The lowest BCUT2D eigenvalue weighted by Crippen LogP contribution is -2.07. The summed E-state index contributed by atoms with van der Waals surface area (Å²) in [4.78, 5) is 0. The number of aryl methyl sites for hydroxylation is 1. The molecule has 1 rings (SSSR count). The summed E-state index contributed by atoms with van der Waals surface area (Å²) in [5.41, 5.74) is 4.83. The number of halogens is 3. The first-order chi connectivity index (χ1) is 6.96. The third-order valence-electron chi connectivity index (χ3n) is 1.88. The van der Waals surface area contributed by atoms with Gasteiger partial charge in [0.05, 0.1) is 0 Å². The second-order valence-corrected chi connectivity index (χ2v) is 3.09. The molecule has 3 N–H and O–H groups in total. The first-order valence-corrected chi connectivity index (χ1v) is 4.45. The molecule has 1 aromatic rings. The quantitative estimate of drug-likeness (QED) is 0.817. The summed E-state index contributed by atoms with van der Waals surface area (Å²) < 4.78 is 37.3. The van der Waals surface area contributed by atoms with E-state index >= 15 is 0 Å². The largest absolute Gasteiger partial charge is 0.435 e. The van der Waals surface area contributed by atoms with Gasteiger partial charge in [-0.05, 0) is 19.9 Å². The van der Waals surface area contributed by atoms with Crippen molar-refractivity contribution in [3.63, 3.8) is 0 Å². The Hall–Kier alpha value is -1.30. The number of alkyl halides is 3. The average Bonchev–Trinajstić information content (AvgIpc) is 2.48. The summed E-state index contributed by atoms with van der Waals surface area (Å²) >= 11 is 0. The van der Waals surface area contributed by atoms with E-state index in [4.69, 9.17) is 5.73 Å². The van der Waals surface area contributed by atoms with E-state index in [1.807, 2.05) is 0 Å². The van der Waals surface area contributed by atoms with Gasteiger partial charge in [0.2, 0.25) is 0 Å². The number of nitrogens with one attached hydrogen (secondary N) is 1. The van der Waals surface area contributed by atoms with Crippen LogP contribution in [0.2, 0.25) is 0 Å². The zero-order chi connectivity index (χ0) is 11.5. The van der Waals surface area contributed by atoms with Crippen LogP contribution in [0.4, 0.5) is 13.2 Å². The van der Waals surface area contributed by atoms with Crippen molar-refractivity contribution in [1.29, 1.82) is 0 Å². The molecule has 0 amide bonds. The van der Waals surface area contributed by atoms with Crippen LogP contribution in [0.5, 0.6) is 0 Å². The summed E-state index contributed by atoms with van der Waals surface area (Å²) in [6.07, 6.45) is -0.878. The Bertz CT molecular complexity index is 352. The maximum absolute atomic E-state index is 12.4. The van der Waals surface area contributed by atoms with E-state index in [0.29, 0.717) is 18.7 Å². The molecular weight excluding hydrogens is 207 g/mol. The van der Waals surface area contributed by atoms with Gasteiger partial charge >= 0.3 is 6.18 Å². The highest BCUT2D eigenvalue weighted by atomic mass is 19.4. The fourth-order valence-corrected chi connectivity index (χ4v) is 1.16. The van der Waals surface area contributed by atoms with Gasteiger partial charge in [-0.3, -0.25) is 5.10 Å². The van der Waals surface area contributed by atoms with E-state index in [9.17, 15) is 13.2 Å². The van der Waals surface area contributed by atoms with Crippen LogP contribution < -0.4 is 5.73 Å². The van der Waals surface area contributed by atoms with Gasteiger partial charge < -0.3 is 5.73 Å². The van der Waals surface area contributed by atoms with Crippen LogP contribution in [0.1, 0.15) is 23.4 Å². The molecule has 6 heteroatoms. The Morgan fingerprint density at radius 3 is 2.67 bits per heavy atom. The van der Waals surface area contributed by atoms with Crippen LogP contribution in [0.3, 0.4) is 0 Å². The van der Waals surface area contributed by atoms with Crippen LogP contribution in [0.25, 0.3) is 6.08 Å². The van der Waals surface area contributed by atoms with Crippen molar-refractivity contribution in [2.45, 2.75) is 19.5 Å². The van der Waals surface area contributed by atoms with E-state index in [1.54, 1.807) is 13.0 Å². The molecule has 0 unspecified atom stereocenters. The van der Waals surface area contributed by atoms with Crippen LogP contribution >= 0.6 is 0 Å². The van der Waals surface area contributed by atoms with Crippen molar-refractivity contribution >= 4 is 6.08 Å². The van der Waals surface area contributed by atoms with Gasteiger partial charge in [-0.25, -0.2) is 0 Å². The third-order valence-corrected chi connectivity index (χ3v) is 1.88. The van der Waals surface area contributed by atoms with Crippen molar-refractivity contribution in [3.8, 4) is 0 Å². The van der Waals surface area contributed by atoms with Crippen molar-refractivity contribution < 1.29 is 13.2 Å². The molecule has 0 aliphatic heterocycles. The molecule has 0 atom stereocenters. The SMILES string of the molecule is Cc1[nH]nc(C(F)(F)F)c1C=CCCN. The minimum Gasteiger partial charge on any atom is -0.330 e. The summed E-state index contributed by atoms with van der Waals surface area (Å²) in [7, 11) is 0. The monoisotopic (exact) mass is 219 g/mol. The van der Waals surface area contributed by atoms with Gasteiger partial charge in [0.25, 0.3) is 0 Å². The van der Waals surface area contributed by atoms with Gasteiger partial charge in [0.1, 0.15) is 0 Å². The third kappa shape index (κ3) is 2.82. The van der Waals surface area contributed by atoms with Crippen molar-refractivity contribution in [2.75, 3.05) is 6.54 Å². The fourth-order valence-electron chi connectivity index (χ4n) is 1.16. The van der Waals surface area contributed by atoms with Crippen molar-refractivity contribution in [3.05, 3.63) is 23.0 Å². The zero-order valence-electron chi connectivity index (χ0n) is 8.23. The van der Waals surface area contributed by atoms with Gasteiger partial charge in [0, 0.05) is 11.3 Å². The van der Waals surface area contributed by atoms with Crippen LogP contribution in [0, 0.1) is 6.92 Å². The number of hydrogen-bond donors (Lipinski definition) is 2. The fraction of sp³-hybridized carbons (Fsp3) is 0.444. The van der Waals surface area contributed by atoms with E-state index < -0.39 is 11.9 Å². The Morgan fingerprint density at radius 2 is 2.13 bits per heavy atom. The summed E-state index contributed by atoms with van der Waals surface area (Å²) in [5.74, 6) is 0. The van der Waals surface area contributed by atoms with Gasteiger partial charge in [-0.1, -0.05) is 12.2 Å². The number of hydrogen-bond acceptors (Lipinski definition) is 2. The molecule has 0 fully saturated rings. The number of nitrogens with two attached hydrogens (primary N) is 1. The Balaban J connectivity index is 3.00. The number of aromatic amines is 1. The standard InChI is InChI=1S/C9H12F3N3/c1-6-7(4-2-3-5-13)8(15-14-6)9(10,11)12/h2,4H,3,5,13H2,1H3,(H,14,15). The normalized spacial score (nSPS) is 12.6. The lowest BCUT2D eigenvalue weighted by Gasteiger charge is -2.03. The maximum Gasteiger partial charge on any atom is 0.435 e. The van der Waals surface area contributed by atoms with E-state index in [2.05, 4.69) is 10.2 Å². The van der Waals surface area contributed by atoms with E-state index in [0.717, 1.165) is 0 Å². The molecule has 3 nitrogen and oxygen atoms in total. The first kappa shape index (κ1) is 11.8. The highest BCUT2D eigenvalue weighted by Gasteiger charge is 2.36. The minimum absolute atomic E-state index is 0.0796. The summed E-state index contributed by atoms with van der Waals surface area (Å²) in [6.45, 7) is 1.96. The highest BCUT2D eigenvalue weighted by molar-refractivity contribution is 5.55. The van der Waals surface area contributed by atoms with Gasteiger partial charge in [0.15, 0.2) is 5.69 Å². The van der Waals surface area contributed by atoms with Crippen molar-refractivity contribution in [1.82, 2.24) is 10.2 Å². The molecule has 0 saturated heterocycles. The number of nitrogens with zero attached hydrogens (tertiary/aromatic N) is 1. The molecule has 84 valence electrons. The molecule has 15 heavy (non-hydrogen) atoms. The smallest absolute Gasteiger partial charge is 0.330 e. The van der Waals surface area contributed by atoms with Crippen LogP contribution in [-0.2, 0) is 6.18 Å². The predicted molar refractivity (Wildman–Crippen MR) is 51.0 cm³/mol. The zero-order valence-corrected chi connectivity index (χ0v) is 8.23. The Labute approximate surface area is 85.2 Å². The topological polar surface area (TPSA) is 54.7 Å². The molecule has 0 bridgehead atoms. The van der Waals surface area contributed by atoms with E-state index in [-0.39, 0.29) is 5.56 Å². The minimum atomic E-state index is -4.42. The number of rotatable bonds is 3. The molecule has 1 aromatic heterocycles. The van der Waals surface area contributed by atoms with E-state index in [1.165, 1.54) is 6.08 Å². The molecule has 0 aliphatic carbocycles. The molecular formula is C9H12F3N3. The summed E-state index contributed by atoms with van der Waals surface area (Å²) in [6, 6.07) is 0. The molecule has 0 saturated carbocycles.